The summed E-state index contributed by atoms with van der Waals surface area (Å²) in [4.78, 5) is 33.1. The Kier molecular flexibility index (Phi) is 5.82. The van der Waals surface area contributed by atoms with Crippen molar-refractivity contribution in [3.8, 4) is 0 Å². The van der Waals surface area contributed by atoms with Crippen molar-refractivity contribution in [3.63, 3.8) is 0 Å². The minimum absolute atomic E-state index is 0.0200. The van der Waals surface area contributed by atoms with Gasteiger partial charge in [-0.2, -0.15) is 0 Å². The van der Waals surface area contributed by atoms with Crippen molar-refractivity contribution >= 4 is 27.5 Å². The van der Waals surface area contributed by atoms with Crippen LogP contribution in [0.1, 0.15) is 29.1 Å². The molecule has 0 bridgehead atoms. The van der Waals surface area contributed by atoms with Gasteiger partial charge in [-0.3, -0.25) is 9.59 Å². The molecule has 2 aromatic rings. The van der Waals surface area contributed by atoms with Crippen LogP contribution in [0.3, 0.4) is 0 Å². The quantitative estimate of drug-likeness (QED) is 0.775. The van der Waals surface area contributed by atoms with Gasteiger partial charge in [-0.15, -0.1) is 11.3 Å². The number of hydrogen-bond acceptors (Lipinski definition) is 6. The summed E-state index contributed by atoms with van der Waals surface area (Å²) in [6.45, 7) is 5.57. The molecular weight excluding hydrogens is 342 g/mol. The molecule has 1 fully saturated rings. The Balaban J connectivity index is 1.46. The van der Waals surface area contributed by atoms with E-state index in [1.54, 1.807) is 0 Å². The summed E-state index contributed by atoms with van der Waals surface area (Å²) in [6, 6.07) is 0. The van der Waals surface area contributed by atoms with Crippen molar-refractivity contribution in [3.05, 3.63) is 26.6 Å². The molecule has 0 saturated carbocycles. The van der Waals surface area contributed by atoms with Crippen LogP contribution in [-0.2, 0) is 20.7 Å². The van der Waals surface area contributed by atoms with Crippen LogP contribution in [0, 0.1) is 13.8 Å². The standard InChI is InChI=1S/C17H23N3O4S/c1-10-11(2)25-17-15(10)16(22)19-13(20-17)5-6-18-14(21)9-23-8-12-4-3-7-24-12/h12H,3-9H2,1-2H3,(H,18,21)(H,19,20,22). The van der Waals surface area contributed by atoms with Gasteiger partial charge >= 0.3 is 0 Å². The molecule has 1 amide bonds. The van der Waals surface area contributed by atoms with Gasteiger partial charge in [-0.25, -0.2) is 4.98 Å². The SMILES string of the molecule is Cc1sc2nc(CCNC(=O)COCC3CCCO3)[nH]c(=O)c2c1C. The van der Waals surface area contributed by atoms with E-state index in [2.05, 4.69) is 15.3 Å². The maximum Gasteiger partial charge on any atom is 0.259 e. The molecule has 1 saturated heterocycles. The van der Waals surface area contributed by atoms with Gasteiger partial charge in [0.05, 0.1) is 18.1 Å². The minimum Gasteiger partial charge on any atom is -0.376 e. The lowest BCUT2D eigenvalue weighted by atomic mass is 10.2. The Morgan fingerprint density at radius 1 is 1.48 bits per heavy atom. The first-order chi connectivity index (χ1) is 12.0. The second kappa shape index (κ2) is 8.07. The first kappa shape index (κ1) is 18.0. The molecule has 8 heteroatoms. The molecule has 0 spiro atoms. The number of H-pyrrole nitrogens is 1. The molecule has 2 aromatic heterocycles. The van der Waals surface area contributed by atoms with Gasteiger partial charge in [0, 0.05) is 24.4 Å². The van der Waals surface area contributed by atoms with E-state index in [1.165, 1.54) is 11.3 Å². The van der Waals surface area contributed by atoms with E-state index in [0.29, 0.717) is 30.8 Å². The number of carbonyl (C=O) groups excluding carboxylic acids is 1. The van der Waals surface area contributed by atoms with E-state index in [4.69, 9.17) is 9.47 Å². The maximum atomic E-state index is 12.2. The van der Waals surface area contributed by atoms with E-state index >= 15 is 0 Å². The highest BCUT2D eigenvalue weighted by molar-refractivity contribution is 7.18. The zero-order valence-electron chi connectivity index (χ0n) is 14.5. The van der Waals surface area contributed by atoms with Crippen molar-refractivity contribution in [2.24, 2.45) is 0 Å². The van der Waals surface area contributed by atoms with E-state index in [-0.39, 0.29) is 24.2 Å². The van der Waals surface area contributed by atoms with Gasteiger partial charge in [0.15, 0.2) is 0 Å². The summed E-state index contributed by atoms with van der Waals surface area (Å²) in [5.41, 5.74) is 0.866. The number of aryl methyl sites for hydroxylation is 2. The molecule has 1 aliphatic heterocycles. The fourth-order valence-corrected chi connectivity index (χ4v) is 3.90. The number of rotatable bonds is 7. The summed E-state index contributed by atoms with van der Waals surface area (Å²) in [7, 11) is 0. The largest absolute Gasteiger partial charge is 0.376 e. The fourth-order valence-electron chi connectivity index (χ4n) is 2.85. The Bertz CT molecular complexity index is 808. The van der Waals surface area contributed by atoms with Crippen LogP contribution in [0.15, 0.2) is 4.79 Å². The molecular formula is C17H23N3O4S. The van der Waals surface area contributed by atoms with E-state index in [1.807, 2.05) is 13.8 Å². The molecule has 1 unspecified atom stereocenters. The van der Waals surface area contributed by atoms with E-state index in [0.717, 1.165) is 34.7 Å². The molecule has 0 radical (unpaired) electrons. The van der Waals surface area contributed by atoms with E-state index < -0.39 is 0 Å². The molecule has 136 valence electrons. The smallest absolute Gasteiger partial charge is 0.259 e. The number of nitrogens with one attached hydrogen (secondary N) is 2. The monoisotopic (exact) mass is 365 g/mol. The molecule has 1 aliphatic rings. The van der Waals surface area contributed by atoms with E-state index in [9.17, 15) is 9.59 Å². The van der Waals surface area contributed by atoms with Gasteiger partial charge < -0.3 is 19.8 Å². The molecule has 0 aliphatic carbocycles. The van der Waals surface area contributed by atoms with Gasteiger partial charge in [-0.1, -0.05) is 0 Å². The highest BCUT2D eigenvalue weighted by Gasteiger charge is 2.16. The topological polar surface area (TPSA) is 93.3 Å². The number of aromatic nitrogens is 2. The third-order valence-corrected chi connectivity index (χ3v) is 5.43. The maximum absolute atomic E-state index is 12.2. The molecule has 2 N–H and O–H groups in total. The molecule has 7 nitrogen and oxygen atoms in total. The predicted molar refractivity (Wildman–Crippen MR) is 96.2 cm³/mol. The summed E-state index contributed by atoms with van der Waals surface area (Å²) in [6.07, 6.45) is 2.63. The van der Waals surface area contributed by atoms with Crippen LogP contribution in [0.4, 0.5) is 0 Å². The third-order valence-electron chi connectivity index (χ3n) is 4.33. The second-order valence-corrected chi connectivity index (χ2v) is 7.43. The Labute approximate surface area is 149 Å². The fraction of sp³-hybridized carbons (Fsp3) is 0.588. The molecule has 3 heterocycles. The van der Waals surface area contributed by atoms with Crippen LogP contribution in [-0.4, -0.2) is 48.3 Å². The van der Waals surface area contributed by atoms with Crippen molar-refractivity contribution in [2.45, 2.75) is 39.2 Å². The number of hydrogen-bond donors (Lipinski definition) is 2. The Morgan fingerprint density at radius 2 is 2.32 bits per heavy atom. The Hall–Kier alpha value is -1.77. The number of amides is 1. The van der Waals surface area contributed by atoms with Crippen LogP contribution in [0.2, 0.25) is 0 Å². The number of ether oxygens (including phenoxy) is 2. The normalized spacial score (nSPS) is 17.3. The lowest BCUT2D eigenvalue weighted by molar-refractivity contribution is -0.126. The van der Waals surface area contributed by atoms with Crippen molar-refractivity contribution in [1.29, 1.82) is 0 Å². The van der Waals surface area contributed by atoms with Crippen LogP contribution in [0.25, 0.3) is 10.2 Å². The van der Waals surface area contributed by atoms with Crippen LogP contribution < -0.4 is 10.9 Å². The lowest BCUT2D eigenvalue weighted by Crippen LogP contribution is -2.31. The zero-order valence-corrected chi connectivity index (χ0v) is 15.3. The summed E-state index contributed by atoms with van der Waals surface area (Å²) in [5, 5.41) is 3.44. The zero-order chi connectivity index (χ0) is 17.8. The lowest BCUT2D eigenvalue weighted by Gasteiger charge is -2.10. The Morgan fingerprint density at radius 3 is 3.08 bits per heavy atom. The number of fused-ring (bicyclic) bond motifs is 1. The van der Waals surface area contributed by atoms with Gasteiger partial charge in [0.25, 0.3) is 5.56 Å². The van der Waals surface area contributed by atoms with Crippen LogP contribution in [0.5, 0.6) is 0 Å². The highest BCUT2D eigenvalue weighted by atomic mass is 32.1. The number of carbonyl (C=O) groups is 1. The number of aromatic amines is 1. The molecule has 25 heavy (non-hydrogen) atoms. The molecule has 0 aromatic carbocycles. The van der Waals surface area contributed by atoms with Crippen molar-refractivity contribution in [1.82, 2.24) is 15.3 Å². The summed E-state index contributed by atoms with van der Waals surface area (Å²) in [5.74, 6) is 0.406. The minimum atomic E-state index is -0.177. The van der Waals surface area contributed by atoms with Crippen molar-refractivity contribution < 1.29 is 14.3 Å². The van der Waals surface area contributed by atoms with Crippen molar-refractivity contribution in [2.75, 3.05) is 26.4 Å². The van der Waals surface area contributed by atoms with Gasteiger partial charge in [0.2, 0.25) is 5.91 Å². The average molecular weight is 365 g/mol. The van der Waals surface area contributed by atoms with Gasteiger partial charge in [0.1, 0.15) is 17.3 Å². The van der Waals surface area contributed by atoms with Gasteiger partial charge in [-0.05, 0) is 32.3 Å². The predicted octanol–water partition coefficient (Wildman–Crippen LogP) is 1.46. The number of thiophene rings is 1. The second-order valence-electron chi connectivity index (χ2n) is 6.23. The highest BCUT2D eigenvalue weighted by Crippen LogP contribution is 2.25. The molecule has 3 rings (SSSR count). The third kappa shape index (κ3) is 4.45. The first-order valence-corrected chi connectivity index (χ1v) is 9.31. The first-order valence-electron chi connectivity index (χ1n) is 8.49. The van der Waals surface area contributed by atoms with Crippen LogP contribution >= 0.6 is 11.3 Å². The number of nitrogens with zero attached hydrogens (tertiary/aromatic N) is 1. The summed E-state index contributed by atoms with van der Waals surface area (Å²) < 4.78 is 10.8. The molecule has 1 atom stereocenters. The average Bonchev–Trinajstić information content (AvgIpc) is 3.16. The summed E-state index contributed by atoms with van der Waals surface area (Å²) >= 11 is 1.52.